The Morgan fingerprint density at radius 1 is 1.47 bits per heavy atom. The van der Waals surface area contributed by atoms with E-state index in [0.717, 1.165) is 37.3 Å². The molecule has 1 aromatic carbocycles. The highest BCUT2D eigenvalue weighted by Gasteiger charge is 2.42. The molecule has 4 nitrogen and oxygen atoms in total. The molecule has 0 bridgehead atoms. The van der Waals surface area contributed by atoms with Crippen LogP contribution in [0.15, 0.2) is 18.2 Å². The van der Waals surface area contributed by atoms with Crippen LogP contribution in [-0.4, -0.2) is 26.2 Å². The van der Waals surface area contributed by atoms with Crippen molar-refractivity contribution in [3.05, 3.63) is 29.3 Å². The molecule has 90 valence electrons. The molecular weight excluding hydrogens is 218 g/mol. The maximum absolute atomic E-state index is 11.5. The van der Waals surface area contributed by atoms with E-state index in [4.69, 9.17) is 9.47 Å². The van der Waals surface area contributed by atoms with Gasteiger partial charge in [-0.1, -0.05) is 0 Å². The van der Waals surface area contributed by atoms with E-state index < -0.39 is 0 Å². The minimum Gasteiger partial charge on any atom is -0.493 e. The van der Waals surface area contributed by atoms with Crippen molar-refractivity contribution >= 4 is 5.97 Å². The van der Waals surface area contributed by atoms with E-state index >= 15 is 0 Å². The number of rotatable bonds is 1. The Hall–Kier alpha value is -1.55. The summed E-state index contributed by atoms with van der Waals surface area (Å²) < 4.78 is 10.4. The minimum absolute atomic E-state index is 0.0254. The number of hydrogen-bond donors (Lipinski definition) is 1. The molecule has 0 aliphatic carbocycles. The lowest BCUT2D eigenvalue weighted by atomic mass is 9.76. The van der Waals surface area contributed by atoms with Crippen LogP contribution < -0.4 is 10.1 Å². The topological polar surface area (TPSA) is 47.6 Å². The summed E-state index contributed by atoms with van der Waals surface area (Å²) in [5.74, 6) is 0.587. The van der Waals surface area contributed by atoms with Gasteiger partial charge in [0.1, 0.15) is 5.75 Å². The molecule has 0 aromatic heterocycles. The van der Waals surface area contributed by atoms with Crippen LogP contribution in [0.3, 0.4) is 0 Å². The molecule has 1 aromatic rings. The Kier molecular flexibility index (Phi) is 2.33. The van der Waals surface area contributed by atoms with Crippen molar-refractivity contribution in [1.82, 2.24) is 5.32 Å². The van der Waals surface area contributed by atoms with Gasteiger partial charge in [0, 0.05) is 12.0 Å². The Bertz CT molecular complexity index is 466. The van der Waals surface area contributed by atoms with Crippen LogP contribution in [0.2, 0.25) is 0 Å². The molecule has 0 saturated carbocycles. The van der Waals surface area contributed by atoms with E-state index in [9.17, 15) is 4.79 Å². The molecule has 17 heavy (non-hydrogen) atoms. The first-order chi connectivity index (χ1) is 8.25. The minimum atomic E-state index is -0.298. The molecule has 2 heterocycles. The third kappa shape index (κ3) is 1.52. The molecule has 4 heteroatoms. The Labute approximate surface area is 99.9 Å². The summed E-state index contributed by atoms with van der Waals surface area (Å²) in [7, 11) is 1.40. The van der Waals surface area contributed by atoms with Crippen molar-refractivity contribution in [2.75, 3.05) is 20.3 Å². The number of nitrogens with one attached hydrogen (secondary N) is 1. The molecule has 1 fully saturated rings. The molecule has 0 unspecified atom stereocenters. The largest absolute Gasteiger partial charge is 0.493 e. The number of esters is 1. The van der Waals surface area contributed by atoms with Crippen LogP contribution in [0.1, 0.15) is 28.8 Å². The van der Waals surface area contributed by atoms with Gasteiger partial charge in [0.05, 0.1) is 24.8 Å². The van der Waals surface area contributed by atoms with Gasteiger partial charge in [0.25, 0.3) is 0 Å². The highest BCUT2D eigenvalue weighted by atomic mass is 16.5. The summed E-state index contributed by atoms with van der Waals surface area (Å²) >= 11 is 0. The van der Waals surface area contributed by atoms with Crippen molar-refractivity contribution in [1.29, 1.82) is 0 Å². The van der Waals surface area contributed by atoms with E-state index in [1.807, 2.05) is 12.1 Å². The number of carbonyl (C=O) groups is 1. The zero-order valence-corrected chi connectivity index (χ0v) is 9.79. The fraction of sp³-hybridized carbons (Fsp3) is 0.462. The van der Waals surface area contributed by atoms with Crippen molar-refractivity contribution in [3.63, 3.8) is 0 Å². The molecule has 1 atom stereocenters. The Balaban J connectivity index is 2.05. The smallest absolute Gasteiger partial charge is 0.337 e. The monoisotopic (exact) mass is 233 g/mol. The van der Waals surface area contributed by atoms with Crippen molar-refractivity contribution in [3.8, 4) is 5.75 Å². The second kappa shape index (κ2) is 3.74. The van der Waals surface area contributed by atoms with E-state index in [0.29, 0.717) is 5.56 Å². The Morgan fingerprint density at radius 3 is 2.94 bits per heavy atom. The SMILES string of the molecule is COC(=O)c1ccc2c(c1)[C@]1(CCN1)CCO2. The third-order valence-corrected chi connectivity index (χ3v) is 3.72. The predicted octanol–water partition coefficient (Wildman–Crippen LogP) is 1.44. The quantitative estimate of drug-likeness (QED) is 0.746. The summed E-state index contributed by atoms with van der Waals surface area (Å²) in [6.45, 7) is 1.76. The molecule has 1 N–H and O–H groups in total. The molecule has 2 aliphatic rings. The van der Waals surface area contributed by atoms with Gasteiger partial charge in [-0.15, -0.1) is 0 Å². The van der Waals surface area contributed by atoms with Crippen LogP contribution in [0.4, 0.5) is 0 Å². The molecule has 2 aliphatic heterocycles. The molecule has 1 spiro atoms. The molecular formula is C13H15NO3. The lowest BCUT2D eigenvalue weighted by Crippen LogP contribution is -2.56. The first-order valence-electron chi connectivity index (χ1n) is 5.86. The van der Waals surface area contributed by atoms with Gasteiger partial charge < -0.3 is 14.8 Å². The highest BCUT2D eigenvalue weighted by Crippen LogP contribution is 2.43. The number of methoxy groups -OCH3 is 1. The second-order valence-corrected chi connectivity index (χ2v) is 4.56. The van der Waals surface area contributed by atoms with Crippen molar-refractivity contribution in [2.45, 2.75) is 18.4 Å². The second-order valence-electron chi connectivity index (χ2n) is 4.56. The van der Waals surface area contributed by atoms with Crippen LogP contribution >= 0.6 is 0 Å². The van der Waals surface area contributed by atoms with E-state index in [1.165, 1.54) is 7.11 Å². The fourth-order valence-corrected chi connectivity index (χ4v) is 2.61. The van der Waals surface area contributed by atoms with Gasteiger partial charge in [-0.05, 0) is 31.2 Å². The summed E-state index contributed by atoms with van der Waals surface area (Å²) in [4.78, 5) is 11.5. The van der Waals surface area contributed by atoms with Crippen molar-refractivity contribution in [2.24, 2.45) is 0 Å². The molecule has 0 amide bonds. The van der Waals surface area contributed by atoms with Gasteiger partial charge in [-0.25, -0.2) is 4.79 Å². The first kappa shape index (κ1) is 10.6. The number of ether oxygens (including phenoxy) is 2. The third-order valence-electron chi connectivity index (χ3n) is 3.72. The van der Waals surface area contributed by atoms with Crippen LogP contribution in [-0.2, 0) is 10.3 Å². The summed E-state index contributed by atoms with van der Waals surface area (Å²) in [6, 6.07) is 5.51. The predicted molar refractivity (Wildman–Crippen MR) is 62.2 cm³/mol. The zero-order chi connectivity index (χ0) is 11.9. The summed E-state index contributed by atoms with van der Waals surface area (Å²) in [5.41, 5.74) is 1.71. The number of hydrogen-bond acceptors (Lipinski definition) is 4. The molecule has 0 radical (unpaired) electrons. The lowest BCUT2D eigenvalue weighted by molar-refractivity contribution is 0.0599. The average Bonchev–Trinajstić information content (AvgIpc) is 2.34. The van der Waals surface area contributed by atoms with E-state index in [1.54, 1.807) is 6.07 Å². The van der Waals surface area contributed by atoms with E-state index in [-0.39, 0.29) is 11.5 Å². The average molecular weight is 233 g/mol. The van der Waals surface area contributed by atoms with Gasteiger partial charge in [0.2, 0.25) is 0 Å². The fourth-order valence-electron chi connectivity index (χ4n) is 2.61. The summed E-state index contributed by atoms with van der Waals surface area (Å²) in [6.07, 6.45) is 2.07. The normalized spacial score (nSPS) is 25.7. The van der Waals surface area contributed by atoms with Gasteiger partial charge in [-0.3, -0.25) is 0 Å². The van der Waals surface area contributed by atoms with Gasteiger partial charge >= 0.3 is 5.97 Å². The zero-order valence-electron chi connectivity index (χ0n) is 9.79. The van der Waals surface area contributed by atoms with Gasteiger partial charge in [0.15, 0.2) is 0 Å². The number of fused-ring (bicyclic) bond motifs is 2. The molecule has 1 saturated heterocycles. The maximum atomic E-state index is 11.5. The van der Waals surface area contributed by atoms with Crippen LogP contribution in [0, 0.1) is 0 Å². The first-order valence-corrected chi connectivity index (χ1v) is 5.86. The Morgan fingerprint density at radius 2 is 2.29 bits per heavy atom. The maximum Gasteiger partial charge on any atom is 0.337 e. The van der Waals surface area contributed by atoms with Gasteiger partial charge in [-0.2, -0.15) is 0 Å². The summed E-state index contributed by atoms with van der Waals surface area (Å²) in [5, 5.41) is 3.47. The number of benzene rings is 1. The van der Waals surface area contributed by atoms with Crippen molar-refractivity contribution < 1.29 is 14.3 Å². The lowest BCUT2D eigenvalue weighted by Gasteiger charge is -2.47. The molecule has 3 rings (SSSR count). The highest BCUT2D eigenvalue weighted by molar-refractivity contribution is 5.90. The standard InChI is InChI=1S/C13H15NO3/c1-16-12(15)9-2-3-11-10(8-9)13(4-6-14-13)5-7-17-11/h2-3,8,14H,4-7H2,1H3/t13-/m0/s1. The van der Waals surface area contributed by atoms with Crippen LogP contribution in [0.25, 0.3) is 0 Å². The van der Waals surface area contributed by atoms with E-state index in [2.05, 4.69) is 5.32 Å². The van der Waals surface area contributed by atoms with Crippen LogP contribution in [0.5, 0.6) is 5.75 Å². The number of carbonyl (C=O) groups excluding carboxylic acids is 1.